The molecule has 0 aromatic carbocycles. The Bertz CT molecular complexity index is 283. The zero-order valence-corrected chi connectivity index (χ0v) is 10.8. The van der Waals surface area contributed by atoms with Crippen LogP contribution in [-0.2, 0) is 0 Å². The van der Waals surface area contributed by atoms with E-state index in [4.69, 9.17) is 0 Å². The highest BCUT2D eigenvalue weighted by Gasteiger charge is 1.90. The third kappa shape index (κ3) is 9.30. The molecule has 0 aliphatic heterocycles. The van der Waals surface area contributed by atoms with Crippen LogP contribution < -0.4 is 0 Å². The molecule has 0 heteroatoms. The van der Waals surface area contributed by atoms with Gasteiger partial charge >= 0.3 is 0 Å². The fourth-order valence-electron chi connectivity index (χ4n) is 1.24. The first-order valence-corrected chi connectivity index (χ1v) is 6.22. The lowest BCUT2D eigenvalue weighted by Gasteiger charge is -1.96. The minimum Gasteiger partial charge on any atom is -0.124 e. The number of hydrogen-bond acceptors (Lipinski definition) is 0. The van der Waals surface area contributed by atoms with Crippen molar-refractivity contribution >= 4 is 0 Å². The molecule has 0 N–H and O–H groups in total. The zero-order chi connectivity index (χ0) is 12.1. The van der Waals surface area contributed by atoms with Crippen molar-refractivity contribution in [2.24, 2.45) is 5.92 Å². The molecule has 1 unspecified atom stereocenters. The number of rotatable bonds is 7. The molecule has 0 spiro atoms. The monoisotopic (exact) mass is 216 g/mol. The molecule has 0 saturated heterocycles. The van der Waals surface area contributed by atoms with E-state index in [0.717, 1.165) is 12.8 Å². The van der Waals surface area contributed by atoms with Gasteiger partial charge in [0.05, 0.1) is 0 Å². The summed E-state index contributed by atoms with van der Waals surface area (Å²) in [6.45, 7) is 6.38. The minimum atomic E-state index is 0.376. The van der Waals surface area contributed by atoms with Gasteiger partial charge in [-0.25, -0.2) is 0 Å². The van der Waals surface area contributed by atoms with E-state index in [9.17, 15) is 0 Å². The summed E-state index contributed by atoms with van der Waals surface area (Å²) < 4.78 is 0. The van der Waals surface area contributed by atoms with Crippen LogP contribution in [0.25, 0.3) is 0 Å². The number of unbranched alkanes of at least 4 members (excludes halogenated alkanes) is 1. The van der Waals surface area contributed by atoms with E-state index in [-0.39, 0.29) is 0 Å². The smallest absolute Gasteiger partial charge is 0.0203 e. The summed E-state index contributed by atoms with van der Waals surface area (Å²) in [5, 5.41) is 0. The molecule has 0 saturated carbocycles. The predicted molar refractivity (Wildman–Crippen MR) is 74.4 cm³/mol. The van der Waals surface area contributed by atoms with E-state index in [1.54, 1.807) is 0 Å². The molecule has 0 aromatic rings. The summed E-state index contributed by atoms with van der Waals surface area (Å²) in [5.74, 6) is 0.376. The van der Waals surface area contributed by atoms with Gasteiger partial charge in [-0.15, -0.1) is 5.73 Å². The van der Waals surface area contributed by atoms with Gasteiger partial charge in [0.1, 0.15) is 0 Å². The van der Waals surface area contributed by atoms with E-state index in [2.05, 4.69) is 62.1 Å². The van der Waals surface area contributed by atoms with Gasteiger partial charge < -0.3 is 0 Å². The molecule has 0 rings (SSSR count). The Kier molecular flexibility index (Phi) is 10.9. The maximum atomic E-state index is 3.20. The lowest BCUT2D eigenvalue weighted by atomic mass is 10.1. The number of allylic oxidation sites excluding steroid dienone is 7. The fraction of sp³-hybridized carbons (Fsp3) is 0.438. The molecule has 0 bridgehead atoms. The third-order valence-electron chi connectivity index (χ3n) is 2.08. The Morgan fingerprint density at radius 1 is 1.12 bits per heavy atom. The van der Waals surface area contributed by atoms with Gasteiger partial charge in [-0.2, -0.15) is 0 Å². The molecule has 88 valence electrons. The second-order valence-electron chi connectivity index (χ2n) is 3.66. The van der Waals surface area contributed by atoms with Gasteiger partial charge in [0.25, 0.3) is 0 Å². The van der Waals surface area contributed by atoms with E-state index in [1.807, 2.05) is 13.0 Å². The third-order valence-corrected chi connectivity index (χ3v) is 2.08. The average molecular weight is 216 g/mol. The first kappa shape index (κ1) is 14.7. The number of hydrogen-bond donors (Lipinski definition) is 0. The highest BCUT2D eigenvalue weighted by Crippen LogP contribution is 2.03. The molecule has 0 radical (unpaired) electrons. The second kappa shape index (κ2) is 11.8. The van der Waals surface area contributed by atoms with Crippen LogP contribution in [0.5, 0.6) is 0 Å². The van der Waals surface area contributed by atoms with Gasteiger partial charge in [0.15, 0.2) is 0 Å². The Morgan fingerprint density at radius 2 is 1.94 bits per heavy atom. The Morgan fingerprint density at radius 3 is 2.56 bits per heavy atom. The van der Waals surface area contributed by atoms with Crippen LogP contribution in [0.15, 0.2) is 54.3 Å². The maximum absolute atomic E-state index is 3.20. The molecule has 0 nitrogen and oxygen atoms in total. The quantitative estimate of drug-likeness (QED) is 0.311. The normalized spacial score (nSPS) is 13.4. The minimum absolute atomic E-state index is 0.376. The molecular weight excluding hydrogens is 192 g/mol. The van der Waals surface area contributed by atoms with Gasteiger partial charge in [-0.3, -0.25) is 0 Å². The molecule has 0 heterocycles. The summed E-state index contributed by atoms with van der Waals surface area (Å²) in [7, 11) is 0. The summed E-state index contributed by atoms with van der Waals surface area (Å²) >= 11 is 0. The van der Waals surface area contributed by atoms with Crippen LogP contribution >= 0.6 is 0 Å². The molecule has 0 fully saturated rings. The Labute approximate surface area is 101 Å². The van der Waals surface area contributed by atoms with Crippen molar-refractivity contribution in [2.75, 3.05) is 0 Å². The average Bonchev–Trinajstić information content (AvgIpc) is 2.30. The van der Waals surface area contributed by atoms with Crippen LogP contribution in [0.2, 0.25) is 0 Å². The van der Waals surface area contributed by atoms with Crippen molar-refractivity contribution < 1.29 is 0 Å². The van der Waals surface area contributed by atoms with Crippen LogP contribution in [0.4, 0.5) is 0 Å². The van der Waals surface area contributed by atoms with E-state index >= 15 is 0 Å². The van der Waals surface area contributed by atoms with E-state index < -0.39 is 0 Å². The SMILES string of the molecule is CC=CC(C=C=CC=CCCC)C=CCC. The first-order valence-electron chi connectivity index (χ1n) is 6.22. The van der Waals surface area contributed by atoms with Gasteiger partial charge in [0.2, 0.25) is 0 Å². The first-order chi connectivity index (χ1) is 7.85. The van der Waals surface area contributed by atoms with Crippen LogP contribution in [0.3, 0.4) is 0 Å². The summed E-state index contributed by atoms with van der Waals surface area (Å²) in [5.41, 5.74) is 3.20. The van der Waals surface area contributed by atoms with Crippen molar-refractivity contribution in [1.29, 1.82) is 0 Å². The largest absolute Gasteiger partial charge is 0.124 e. The van der Waals surface area contributed by atoms with Gasteiger partial charge in [-0.05, 0) is 31.9 Å². The lowest BCUT2D eigenvalue weighted by molar-refractivity contribution is 0.959. The summed E-state index contributed by atoms with van der Waals surface area (Å²) in [4.78, 5) is 0. The molecular formula is C16H24. The molecule has 1 atom stereocenters. The van der Waals surface area contributed by atoms with Crippen molar-refractivity contribution in [2.45, 2.75) is 40.0 Å². The molecule has 0 aliphatic rings. The van der Waals surface area contributed by atoms with Crippen molar-refractivity contribution in [1.82, 2.24) is 0 Å². The highest BCUT2D eigenvalue weighted by molar-refractivity contribution is 5.11. The van der Waals surface area contributed by atoms with Crippen LogP contribution in [-0.4, -0.2) is 0 Å². The lowest BCUT2D eigenvalue weighted by Crippen LogP contribution is -1.83. The van der Waals surface area contributed by atoms with Crippen molar-refractivity contribution in [3.8, 4) is 0 Å². The fourth-order valence-corrected chi connectivity index (χ4v) is 1.24. The van der Waals surface area contributed by atoms with Gasteiger partial charge in [0, 0.05) is 5.92 Å². The van der Waals surface area contributed by atoms with Crippen molar-refractivity contribution in [3.05, 3.63) is 54.3 Å². The highest BCUT2D eigenvalue weighted by atomic mass is 13.9. The zero-order valence-electron chi connectivity index (χ0n) is 10.8. The van der Waals surface area contributed by atoms with Crippen molar-refractivity contribution in [3.63, 3.8) is 0 Å². The topological polar surface area (TPSA) is 0 Å². The van der Waals surface area contributed by atoms with Gasteiger partial charge in [-0.1, -0.05) is 56.7 Å². The molecule has 0 amide bonds. The Hall–Kier alpha value is -1.26. The van der Waals surface area contributed by atoms with E-state index in [0.29, 0.717) is 5.92 Å². The Balaban J connectivity index is 4.26. The van der Waals surface area contributed by atoms with E-state index in [1.165, 1.54) is 6.42 Å². The standard InChI is InChI=1S/C16H24/c1-4-7-9-10-11-12-15-16(13-6-3)14-8-5-2/h6,8-11,13-16H,4-5,7H2,1-3H3. The predicted octanol–water partition coefficient (Wildman–Crippen LogP) is 5.21. The second-order valence-corrected chi connectivity index (χ2v) is 3.66. The summed E-state index contributed by atoms with van der Waals surface area (Å²) in [6, 6.07) is 0. The molecule has 16 heavy (non-hydrogen) atoms. The van der Waals surface area contributed by atoms with Crippen LogP contribution in [0, 0.1) is 5.92 Å². The maximum Gasteiger partial charge on any atom is 0.0203 e. The summed E-state index contributed by atoms with van der Waals surface area (Å²) in [6.07, 6.45) is 20.4. The van der Waals surface area contributed by atoms with Crippen LogP contribution in [0.1, 0.15) is 40.0 Å². The molecule has 0 aromatic heterocycles. The molecule has 0 aliphatic carbocycles.